The lowest BCUT2D eigenvalue weighted by atomic mass is 10.0. The van der Waals surface area contributed by atoms with Gasteiger partial charge in [-0.05, 0) is 45.1 Å². The first-order valence-electron chi connectivity index (χ1n) is 7.43. The van der Waals surface area contributed by atoms with Gasteiger partial charge in [0.15, 0.2) is 0 Å². The Bertz CT molecular complexity index is 212. The molecule has 1 aliphatic rings. The SMILES string of the molecule is CCNC(CCCC1CCCO1)CCOCC(F)F. The second kappa shape index (κ2) is 10.5. The number of rotatable bonds is 11. The zero-order valence-corrected chi connectivity index (χ0v) is 11.9. The van der Waals surface area contributed by atoms with Gasteiger partial charge in [0.2, 0.25) is 0 Å². The molecule has 1 aliphatic heterocycles. The second-order valence-electron chi connectivity index (χ2n) is 5.08. The summed E-state index contributed by atoms with van der Waals surface area (Å²) in [5.74, 6) is 0. The van der Waals surface area contributed by atoms with E-state index < -0.39 is 13.0 Å². The lowest BCUT2D eigenvalue weighted by molar-refractivity contribution is 0.0140. The maximum atomic E-state index is 11.9. The minimum atomic E-state index is -2.36. The molecular formula is C14H27F2NO2. The van der Waals surface area contributed by atoms with Gasteiger partial charge in [0.05, 0.1) is 6.10 Å². The van der Waals surface area contributed by atoms with Crippen LogP contribution in [0.4, 0.5) is 8.78 Å². The Kier molecular flexibility index (Phi) is 9.30. The standard InChI is InChI=1S/C14H27F2NO2/c1-2-17-12(8-10-18-11-14(15)16)5-3-6-13-7-4-9-19-13/h12-14,17H,2-11H2,1H3. The molecule has 0 bridgehead atoms. The molecular weight excluding hydrogens is 252 g/mol. The van der Waals surface area contributed by atoms with Gasteiger partial charge >= 0.3 is 0 Å². The van der Waals surface area contributed by atoms with Gasteiger partial charge in [-0.15, -0.1) is 0 Å². The average molecular weight is 279 g/mol. The number of alkyl halides is 2. The van der Waals surface area contributed by atoms with Crippen molar-refractivity contribution in [2.45, 2.75) is 64.0 Å². The molecule has 0 spiro atoms. The molecule has 0 aliphatic carbocycles. The molecule has 3 nitrogen and oxygen atoms in total. The summed E-state index contributed by atoms with van der Waals surface area (Å²) in [7, 11) is 0. The summed E-state index contributed by atoms with van der Waals surface area (Å²) in [6, 6.07) is 0.365. The predicted octanol–water partition coefficient (Wildman–Crippen LogP) is 2.99. The van der Waals surface area contributed by atoms with Gasteiger partial charge in [0.25, 0.3) is 6.43 Å². The third-order valence-corrected chi connectivity index (χ3v) is 3.45. The summed E-state index contributed by atoms with van der Waals surface area (Å²) in [6.07, 6.45) is 4.54. The fourth-order valence-electron chi connectivity index (χ4n) is 2.50. The van der Waals surface area contributed by atoms with E-state index in [9.17, 15) is 8.78 Å². The van der Waals surface area contributed by atoms with Gasteiger partial charge in [-0.25, -0.2) is 8.78 Å². The third kappa shape index (κ3) is 8.50. The van der Waals surface area contributed by atoms with Crippen molar-refractivity contribution in [1.82, 2.24) is 5.32 Å². The Hall–Kier alpha value is -0.260. The molecule has 1 heterocycles. The molecule has 114 valence electrons. The third-order valence-electron chi connectivity index (χ3n) is 3.45. The smallest absolute Gasteiger partial charge is 0.261 e. The summed E-state index contributed by atoms with van der Waals surface area (Å²) in [4.78, 5) is 0. The van der Waals surface area contributed by atoms with Crippen LogP contribution in [0.1, 0.15) is 45.4 Å². The highest BCUT2D eigenvalue weighted by atomic mass is 19.3. The van der Waals surface area contributed by atoms with Crippen molar-refractivity contribution in [3.05, 3.63) is 0 Å². The molecule has 2 unspecified atom stereocenters. The molecule has 1 fully saturated rings. The van der Waals surface area contributed by atoms with Crippen molar-refractivity contribution in [2.75, 3.05) is 26.4 Å². The Balaban J connectivity index is 2.05. The van der Waals surface area contributed by atoms with E-state index in [-0.39, 0.29) is 0 Å². The highest BCUT2D eigenvalue weighted by molar-refractivity contribution is 4.70. The van der Waals surface area contributed by atoms with Gasteiger partial charge in [-0.3, -0.25) is 0 Å². The van der Waals surface area contributed by atoms with E-state index in [2.05, 4.69) is 12.2 Å². The number of ether oxygens (including phenoxy) is 2. The van der Waals surface area contributed by atoms with Crippen LogP contribution >= 0.6 is 0 Å². The Morgan fingerprint density at radius 1 is 1.37 bits per heavy atom. The molecule has 0 aromatic heterocycles. The van der Waals surface area contributed by atoms with E-state index in [0.29, 0.717) is 18.8 Å². The monoisotopic (exact) mass is 279 g/mol. The normalized spacial score (nSPS) is 21.2. The van der Waals surface area contributed by atoms with Crippen LogP contribution in [0, 0.1) is 0 Å². The highest BCUT2D eigenvalue weighted by Crippen LogP contribution is 2.18. The average Bonchev–Trinajstić information content (AvgIpc) is 2.87. The summed E-state index contributed by atoms with van der Waals surface area (Å²) in [5, 5.41) is 3.39. The van der Waals surface area contributed by atoms with Crippen LogP contribution in [0.25, 0.3) is 0 Å². The first-order valence-corrected chi connectivity index (χ1v) is 7.43. The molecule has 2 atom stereocenters. The molecule has 1 rings (SSSR count). The summed E-state index contributed by atoms with van der Waals surface area (Å²) >= 11 is 0. The maximum absolute atomic E-state index is 11.9. The van der Waals surface area contributed by atoms with Crippen LogP contribution in [0.3, 0.4) is 0 Å². The van der Waals surface area contributed by atoms with E-state index >= 15 is 0 Å². The largest absolute Gasteiger partial charge is 0.378 e. The molecule has 5 heteroatoms. The predicted molar refractivity (Wildman–Crippen MR) is 71.7 cm³/mol. The fourth-order valence-corrected chi connectivity index (χ4v) is 2.50. The quantitative estimate of drug-likeness (QED) is 0.590. The Morgan fingerprint density at radius 2 is 2.21 bits per heavy atom. The molecule has 1 N–H and O–H groups in total. The van der Waals surface area contributed by atoms with Crippen LogP contribution < -0.4 is 5.32 Å². The van der Waals surface area contributed by atoms with Gasteiger partial charge < -0.3 is 14.8 Å². The second-order valence-corrected chi connectivity index (χ2v) is 5.08. The van der Waals surface area contributed by atoms with Crippen LogP contribution in [-0.4, -0.2) is 44.9 Å². The van der Waals surface area contributed by atoms with Crippen LogP contribution in [-0.2, 0) is 9.47 Å². The van der Waals surface area contributed by atoms with Gasteiger partial charge in [0, 0.05) is 19.3 Å². The number of hydrogen-bond donors (Lipinski definition) is 1. The minimum Gasteiger partial charge on any atom is -0.378 e. The molecule has 0 radical (unpaired) electrons. The topological polar surface area (TPSA) is 30.5 Å². The summed E-state index contributed by atoms with van der Waals surface area (Å²) in [6.45, 7) is 3.83. The first-order chi connectivity index (χ1) is 9.22. The van der Waals surface area contributed by atoms with Crippen molar-refractivity contribution in [1.29, 1.82) is 0 Å². The van der Waals surface area contributed by atoms with Crippen molar-refractivity contribution < 1.29 is 18.3 Å². The van der Waals surface area contributed by atoms with Crippen LogP contribution in [0.15, 0.2) is 0 Å². The summed E-state index contributed by atoms with van der Waals surface area (Å²) < 4.78 is 34.4. The molecule has 0 saturated carbocycles. The van der Waals surface area contributed by atoms with Gasteiger partial charge in [-0.1, -0.05) is 6.92 Å². The molecule has 0 aromatic rings. The zero-order valence-electron chi connectivity index (χ0n) is 11.9. The van der Waals surface area contributed by atoms with E-state index in [1.165, 1.54) is 12.8 Å². The van der Waals surface area contributed by atoms with Crippen LogP contribution in [0.2, 0.25) is 0 Å². The minimum absolute atomic E-state index is 0.365. The van der Waals surface area contributed by atoms with Crippen molar-refractivity contribution in [3.8, 4) is 0 Å². The Morgan fingerprint density at radius 3 is 2.84 bits per heavy atom. The van der Waals surface area contributed by atoms with E-state index in [0.717, 1.165) is 38.8 Å². The molecule has 0 aromatic carbocycles. The first kappa shape index (κ1) is 16.8. The maximum Gasteiger partial charge on any atom is 0.261 e. The lowest BCUT2D eigenvalue weighted by Gasteiger charge is -2.18. The number of hydrogen-bond acceptors (Lipinski definition) is 3. The number of halogens is 2. The number of nitrogens with one attached hydrogen (secondary N) is 1. The molecule has 0 amide bonds. The van der Waals surface area contributed by atoms with Crippen molar-refractivity contribution in [3.63, 3.8) is 0 Å². The van der Waals surface area contributed by atoms with Crippen molar-refractivity contribution in [2.24, 2.45) is 0 Å². The molecule has 19 heavy (non-hydrogen) atoms. The highest BCUT2D eigenvalue weighted by Gasteiger charge is 2.16. The fraction of sp³-hybridized carbons (Fsp3) is 1.00. The van der Waals surface area contributed by atoms with Gasteiger partial charge in [-0.2, -0.15) is 0 Å². The van der Waals surface area contributed by atoms with E-state index in [1.54, 1.807) is 0 Å². The molecule has 1 saturated heterocycles. The van der Waals surface area contributed by atoms with Crippen LogP contribution in [0.5, 0.6) is 0 Å². The van der Waals surface area contributed by atoms with Gasteiger partial charge in [0.1, 0.15) is 6.61 Å². The zero-order chi connectivity index (χ0) is 13.9. The lowest BCUT2D eigenvalue weighted by Crippen LogP contribution is -2.30. The Labute approximate surface area is 115 Å². The van der Waals surface area contributed by atoms with E-state index in [4.69, 9.17) is 9.47 Å². The summed E-state index contributed by atoms with van der Waals surface area (Å²) in [5.41, 5.74) is 0. The van der Waals surface area contributed by atoms with Crippen molar-refractivity contribution >= 4 is 0 Å². The van der Waals surface area contributed by atoms with E-state index in [1.807, 2.05) is 0 Å².